The van der Waals surface area contributed by atoms with Gasteiger partial charge in [0.05, 0.1) is 17.0 Å². The first-order valence-electron chi connectivity index (χ1n) is 10.3. The maximum atomic E-state index is 12.8. The van der Waals surface area contributed by atoms with Gasteiger partial charge in [-0.1, -0.05) is 56.3 Å². The number of carbonyl (C=O) groups excluding carboxylic acids is 1. The van der Waals surface area contributed by atoms with Crippen molar-refractivity contribution < 1.29 is 13.2 Å². The summed E-state index contributed by atoms with van der Waals surface area (Å²) in [6.07, 6.45) is 1.18. The van der Waals surface area contributed by atoms with E-state index in [0.29, 0.717) is 6.54 Å². The molecule has 0 heterocycles. The third-order valence-corrected chi connectivity index (χ3v) is 6.70. The maximum Gasteiger partial charge on any atom is 0.317 e. The van der Waals surface area contributed by atoms with Crippen LogP contribution in [0.4, 0.5) is 4.79 Å². The lowest BCUT2D eigenvalue weighted by molar-refractivity contribution is 0.180. The predicted octanol–water partition coefficient (Wildman–Crippen LogP) is 3.88. The monoisotopic (exact) mass is 431 g/mol. The summed E-state index contributed by atoms with van der Waals surface area (Å²) in [5, 5.41) is 3.07. The van der Waals surface area contributed by atoms with Crippen LogP contribution >= 0.6 is 0 Å². The van der Waals surface area contributed by atoms with E-state index in [1.54, 1.807) is 36.2 Å². The van der Waals surface area contributed by atoms with Crippen LogP contribution in [-0.4, -0.2) is 57.2 Å². The first-order valence-corrected chi connectivity index (χ1v) is 12.2. The molecule has 0 aromatic heterocycles. The molecule has 0 fully saturated rings. The van der Waals surface area contributed by atoms with E-state index >= 15 is 0 Å². The molecule has 30 heavy (non-hydrogen) atoms. The standard InChI is InChI=1S/C23H33N3O3S/c1-6-26(7-2)22(20-11-9-8-10-12-20)17-24-23(27)25(4)18(3)19-13-15-21(16-14-19)30(5,28)29/h8-16,18,22H,6-7,17H2,1-5H3,(H,24,27). The first kappa shape index (κ1) is 23.9. The highest BCUT2D eigenvalue weighted by Crippen LogP contribution is 2.22. The van der Waals surface area contributed by atoms with E-state index < -0.39 is 9.84 Å². The number of hydrogen-bond acceptors (Lipinski definition) is 4. The molecule has 6 nitrogen and oxygen atoms in total. The second-order valence-corrected chi connectivity index (χ2v) is 9.48. The van der Waals surface area contributed by atoms with Crippen LogP contribution < -0.4 is 5.32 Å². The van der Waals surface area contributed by atoms with E-state index in [1.165, 1.54) is 11.8 Å². The van der Waals surface area contributed by atoms with Crippen molar-refractivity contribution in [3.8, 4) is 0 Å². The van der Waals surface area contributed by atoms with E-state index in [2.05, 4.69) is 36.2 Å². The van der Waals surface area contributed by atoms with Crippen molar-refractivity contribution in [2.45, 2.75) is 37.8 Å². The van der Waals surface area contributed by atoms with Crippen molar-refractivity contribution in [1.29, 1.82) is 0 Å². The summed E-state index contributed by atoms with van der Waals surface area (Å²) in [6, 6.07) is 16.6. The fraction of sp³-hybridized carbons (Fsp3) is 0.435. The fourth-order valence-corrected chi connectivity index (χ4v) is 4.13. The molecule has 0 radical (unpaired) electrons. The Hall–Kier alpha value is -2.38. The Morgan fingerprint density at radius 1 is 0.967 bits per heavy atom. The highest BCUT2D eigenvalue weighted by atomic mass is 32.2. The third-order valence-electron chi connectivity index (χ3n) is 5.58. The summed E-state index contributed by atoms with van der Waals surface area (Å²) in [7, 11) is -1.49. The van der Waals surface area contributed by atoms with Crippen LogP contribution in [0.5, 0.6) is 0 Å². The van der Waals surface area contributed by atoms with Gasteiger partial charge in [0, 0.05) is 19.8 Å². The summed E-state index contributed by atoms with van der Waals surface area (Å²) in [6.45, 7) is 8.46. The van der Waals surface area contributed by atoms with Gasteiger partial charge in [-0.2, -0.15) is 0 Å². The van der Waals surface area contributed by atoms with Gasteiger partial charge in [-0.25, -0.2) is 13.2 Å². The number of urea groups is 1. The molecule has 2 unspecified atom stereocenters. The molecule has 0 aliphatic rings. The average molecular weight is 432 g/mol. The van der Waals surface area contributed by atoms with Crippen LogP contribution in [0.3, 0.4) is 0 Å². The summed E-state index contributed by atoms with van der Waals surface area (Å²) < 4.78 is 23.3. The molecule has 2 aromatic carbocycles. The molecule has 164 valence electrons. The average Bonchev–Trinajstić information content (AvgIpc) is 2.75. The SMILES string of the molecule is CCN(CC)C(CNC(=O)N(C)C(C)c1ccc(S(C)(=O)=O)cc1)c1ccccc1. The van der Waals surface area contributed by atoms with Crippen molar-refractivity contribution >= 4 is 15.9 Å². The van der Waals surface area contributed by atoms with Gasteiger partial charge >= 0.3 is 6.03 Å². The van der Waals surface area contributed by atoms with E-state index in [-0.39, 0.29) is 23.0 Å². The maximum absolute atomic E-state index is 12.8. The van der Waals surface area contributed by atoms with Crippen molar-refractivity contribution in [2.24, 2.45) is 0 Å². The summed E-state index contributed by atoms with van der Waals surface area (Å²) in [4.78, 5) is 17.1. The summed E-state index contributed by atoms with van der Waals surface area (Å²) >= 11 is 0. The highest BCUT2D eigenvalue weighted by Gasteiger charge is 2.22. The van der Waals surface area contributed by atoms with Crippen LogP contribution in [0, 0.1) is 0 Å². The zero-order valence-corrected chi connectivity index (χ0v) is 19.3. The molecule has 2 atom stereocenters. The molecule has 1 N–H and O–H groups in total. The smallest absolute Gasteiger partial charge is 0.317 e. The molecule has 2 rings (SSSR count). The topological polar surface area (TPSA) is 69.7 Å². The van der Waals surface area contributed by atoms with E-state index in [0.717, 1.165) is 18.7 Å². The van der Waals surface area contributed by atoms with Crippen molar-refractivity contribution in [3.63, 3.8) is 0 Å². The predicted molar refractivity (Wildman–Crippen MR) is 121 cm³/mol. The van der Waals surface area contributed by atoms with E-state index in [1.807, 2.05) is 25.1 Å². The molecule has 0 spiro atoms. The van der Waals surface area contributed by atoms with Gasteiger partial charge in [0.1, 0.15) is 0 Å². The summed E-state index contributed by atoms with van der Waals surface area (Å²) in [5.74, 6) is 0. The number of sulfone groups is 1. The van der Waals surface area contributed by atoms with Crippen LogP contribution in [0.1, 0.15) is 44.0 Å². The van der Waals surface area contributed by atoms with Crippen LogP contribution in [-0.2, 0) is 9.84 Å². The minimum atomic E-state index is -3.24. The lowest BCUT2D eigenvalue weighted by Gasteiger charge is -2.32. The van der Waals surface area contributed by atoms with Gasteiger partial charge in [-0.3, -0.25) is 4.90 Å². The van der Waals surface area contributed by atoms with Crippen LogP contribution in [0.25, 0.3) is 0 Å². The minimum Gasteiger partial charge on any atom is -0.336 e. The molecule has 2 amide bonds. The van der Waals surface area contributed by atoms with Gasteiger partial charge < -0.3 is 10.2 Å². The molecular weight excluding hydrogens is 398 g/mol. The largest absolute Gasteiger partial charge is 0.336 e. The number of rotatable bonds is 9. The molecule has 7 heteroatoms. The number of amides is 2. The lowest BCUT2D eigenvalue weighted by Crippen LogP contribution is -2.43. The van der Waals surface area contributed by atoms with Gasteiger partial charge in [0.25, 0.3) is 0 Å². The highest BCUT2D eigenvalue weighted by molar-refractivity contribution is 7.90. The number of carbonyl (C=O) groups is 1. The number of likely N-dealkylation sites (N-methyl/N-ethyl adjacent to an activating group) is 1. The number of nitrogens with zero attached hydrogens (tertiary/aromatic N) is 2. The van der Waals surface area contributed by atoms with Crippen molar-refractivity contribution in [1.82, 2.24) is 15.1 Å². The van der Waals surface area contributed by atoms with Crippen LogP contribution in [0.2, 0.25) is 0 Å². The quantitative estimate of drug-likeness (QED) is 0.654. The molecule has 0 bridgehead atoms. The molecule has 0 saturated carbocycles. The number of nitrogens with one attached hydrogen (secondary N) is 1. The first-order chi connectivity index (χ1) is 14.2. The normalized spacial score (nSPS) is 13.7. The Labute approximate surface area is 180 Å². The minimum absolute atomic E-state index is 0.0999. The Morgan fingerprint density at radius 3 is 2.03 bits per heavy atom. The second-order valence-electron chi connectivity index (χ2n) is 7.46. The molecule has 2 aromatic rings. The second kappa shape index (κ2) is 10.6. The zero-order valence-electron chi connectivity index (χ0n) is 18.5. The lowest BCUT2D eigenvalue weighted by atomic mass is 10.1. The zero-order chi connectivity index (χ0) is 22.3. The Morgan fingerprint density at radius 2 is 1.53 bits per heavy atom. The Balaban J connectivity index is 2.07. The fourth-order valence-electron chi connectivity index (χ4n) is 3.50. The molecular formula is C23H33N3O3S. The van der Waals surface area contributed by atoms with Gasteiger partial charge in [-0.15, -0.1) is 0 Å². The van der Waals surface area contributed by atoms with Gasteiger partial charge in [0.15, 0.2) is 9.84 Å². The van der Waals surface area contributed by atoms with Gasteiger partial charge in [0.2, 0.25) is 0 Å². The molecule has 0 aliphatic carbocycles. The summed E-state index contributed by atoms with van der Waals surface area (Å²) in [5.41, 5.74) is 2.05. The Kier molecular flexibility index (Phi) is 8.43. The Bertz CT molecular complexity index is 910. The number of hydrogen-bond donors (Lipinski definition) is 1. The van der Waals surface area contributed by atoms with E-state index in [4.69, 9.17) is 0 Å². The van der Waals surface area contributed by atoms with Crippen molar-refractivity contribution in [2.75, 3.05) is 32.9 Å². The van der Waals surface area contributed by atoms with E-state index in [9.17, 15) is 13.2 Å². The molecule has 0 saturated heterocycles. The molecule has 0 aliphatic heterocycles. The van der Waals surface area contributed by atoms with Gasteiger partial charge in [-0.05, 0) is 43.3 Å². The van der Waals surface area contributed by atoms with Crippen molar-refractivity contribution in [3.05, 3.63) is 65.7 Å². The van der Waals surface area contributed by atoms with Crippen LogP contribution in [0.15, 0.2) is 59.5 Å². The third kappa shape index (κ3) is 6.06. The number of benzene rings is 2.